The van der Waals surface area contributed by atoms with Gasteiger partial charge in [-0.15, -0.1) is 24.8 Å². The number of nitrogen functional groups attached to an aromatic ring is 1. The second-order valence-electron chi connectivity index (χ2n) is 2.84. The van der Waals surface area contributed by atoms with E-state index in [-0.39, 0.29) is 24.8 Å². The van der Waals surface area contributed by atoms with Gasteiger partial charge in [-0.05, 0) is 14.1 Å². The van der Waals surface area contributed by atoms with E-state index in [9.17, 15) is 0 Å². The van der Waals surface area contributed by atoms with Crippen molar-refractivity contribution in [2.24, 2.45) is 0 Å². The van der Waals surface area contributed by atoms with Crippen molar-refractivity contribution >= 4 is 30.5 Å². The third-order valence-corrected chi connectivity index (χ3v) is 1.43. The number of likely N-dealkylation sites (N-methyl/N-ethyl adjacent to an activating group) is 1. The van der Waals surface area contributed by atoms with E-state index in [0.717, 1.165) is 18.8 Å². The predicted molar refractivity (Wildman–Crippen MR) is 59.7 cm³/mol. The van der Waals surface area contributed by atoms with Gasteiger partial charge in [0.25, 0.3) is 0 Å². The number of halogens is 2. The summed E-state index contributed by atoms with van der Waals surface area (Å²) in [6.07, 6.45) is 3.50. The van der Waals surface area contributed by atoms with Gasteiger partial charge in [-0.2, -0.15) is 5.10 Å². The van der Waals surface area contributed by atoms with Crippen molar-refractivity contribution in [3.63, 3.8) is 0 Å². The van der Waals surface area contributed by atoms with Crippen molar-refractivity contribution in [2.45, 2.75) is 6.54 Å². The lowest BCUT2D eigenvalue weighted by Crippen LogP contribution is -2.18. The maximum atomic E-state index is 5.49. The van der Waals surface area contributed by atoms with Gasteiger partial charge >= 0.3 is 0 Å². The molecule has 4 nitrogen and oxygen atoms in total. The minimum absolute atomic E-state index is 0. The Morgan fingerprint density at radius 3 is 2.46 bits per heavy atom. The molecule has 1 aromatic rings. The second kappa shape index (κ2) is 7.00. The summed E-state index contributed by atoms with van der Waals surface area (Å²) in [5.41, 5.74) is 6.21. The summed E-state index contributed by atoms with van der Waals surface area (Å²) < 4.78 is 1.84. The molecule has 0 aliphatic heterocycles. The molecule has 0 atom stereocenters. The molecule has 0 amide bonds. The predicted octanol–water partition coefficient (Wildman–Crippen LogP) is 0.870. The molecule has 1 heterocycles. The van der Waals surface area contributed by atoms with Crippen LogP contribution in [0.1, 0.15) is 0 Å². The minimum atomic E-state index is 0. The Kier molecular flexibility index (Phi) is 8.10. The van der Waals surface area contributed by atoms with E-state index >= 15 is 0 Å². The average Bonchev–Trinajstić information content (AvgIpc) is 2.31. The molecule has 78 valence electrons. The maximum Gasteiger partial charge on any atom is 0.0719 e. The largest absolute Gasteiger partial charge is 0.396 e. The number of hydrogen-bond acceptors (Lipinski definition) is 3. The standard InChI is InChI=1S/C7H14N4.2ClH/c1-10(2)3-4-11-6-7(8)5-9-11;;/h5-6H,3-4,8H2,1-2H3;2*1H. The van der Waals surface area contributed by atoms with Gasteiger partial charge < -0.3 is 10.6 Å². The highest BCUT2D eigenvalue weighted by molar-refractivity contribution is 5.85. The third-order valence-electron chi connectivity index (χ3n) is 1.43. The summed E-state index contributed by atoms with van der Waals surface area (Å²) in [4.78, 5) is 2.11. The summed E-state index contributed by atoms with van der Waals surface area (Å²) in [7, 11) is 4.07. The molecular weight excluding hydrogens is 211 g/mol. The summed E-state index contributed by atoms with van der Waals surface area (Å²) >= 11 is 0. The Hall–Kier alpha value is -0.450. The van der Waals surface area contributed by atoms with Crippen molar-refractivity contribution in [3.8, 4) is 0 Å². The zero-order chi connectivity index (χ0) is 8.27. The third kappa shape index (κ3) is 5.74. The van der Waals surface area contributed by atoms with Crippen LogP contribution >= 0.6 is 24.8 Å². The van der Waals surface area contributed by atoms with E-state index in [0.29, 0.717) is 0 Å². The van der Waals surface area contributed by atoms with E-state index in [1.165, 1.54) is 0 Å². The fourth-order valence-corrected chi connectivity index (χ4v) is 0.804. The van der Waals surface area contributed by atoms with Crippen LogP contribution in [0.2, 0.25) is 0 Å². The fraction of sp³-hybridized carbons (Fsp3) is 0.571. The molecule has 0 aliphatic carbocycles. The van der Waals surface area contributed by atoms with Crippen LogP contribution in [0.15, 0.2) is 12.4 Å². The molecular formula is C7H16Cl2N4. The topological polar surface area (TPSA) is 47.1 Å². The number of nitrogens with zero attached hydrogens (tertiary/aromatic N) is 3. The first-order chi connectivity index (χ1) is 5.18. The summed E-state index contributed by atoms with van der Waals surface area (Å²) in [6.45, 7) is 1.88. The normalized spacial score (nSPS) is 9.15. The molecule has 0 fully saturated rings. The van der Waals surface area contributed by atoms with Crippen molar-refractivity contribution in [1.29, 1.82) is 0 Å². The average molecular weight is 227 g/mol. The van der Waals surface area contributed by atoms with E-state index in [2.05, 4.69) is 10.00 Å². The second-order valence-corrected chi connectivity index (χ2v) is 2.84. The fourth-order valence-electron chi connectivity index (χ4n) is 0.804. The lowest BCUT2D eigenvalue weighted by molar-refractivity contribution is 0.373. The van der Waals surface area contributed by atoms with Crippen LogP contribution < -0.4 is 5.73 Å². The SMILES string of the molecule is CN(C)CCn1cc(N)cn1.Cl.Cl. The molecule has 1 rings (SSSR count). The molecule has 0 spiro atoms. The van der Waals surface area contributed by atoms with Crippen LogP contribution in [0.3, 0.4) is 0 Å². The first-order valence-electron chi connectivity index (χ1n) is 3.61. The van der Waals surface area contributed by atoms with Gasteiger partial charge in [0.15, 0.2) is 0 Å². The van der Waals surface area contributed by atoms with Crippen molar-refractivity contribution in [3.05, 3.63) is 12.4 Å². The molecule has 0 saturated carbocycles. The molecule has 0 bridgehead atoms. The number of aromatic nitrogens is 2. The highest BCUT2D eigenvalue weighted by Crippen LogP contribution is 1.96. The molecule has 0 unspecified atom stereocenters. The Labute approximate surface area is 90.9 Å². The minimum Gasteiger partial charge on any atom is -0.396 e. The van der Waals surface area contributed by atoms with Gasteiger partial charge in [0.05, 0.1) is 18.4 Å². The first kappa shape index (κ1) is 15.0. The van der Waals surface area contributed by atoms with Crippen LogP contribution in [0, 0.1) is 0 Å². The van der Waals surface area contributed by atoms with Crippen molar-refractivity contribution < 1.29 is 0 Å². The monoisotopic (exact) mass is 226 g/mol. The summed E-state index contributed by atoms with van der Waals surface area (Å²) in [5, 5.41) is 4.05. The molecule has 1 aromatic heterocycles. The molecule has 0 saturated heterocycles. The number of hydrogen-bond donors (Lipinski definition) is 1. The molecule has 2 N–H and O–H groups in total. The molecule has 0 aliphatic rings. The van der Waals surface area contributed by atoms with Gasteiger partial charge in [0.1, 0.15) is 0 Å². The Bertz CT molecular complexity index is 224. The van der Waals surface area contributed by atoms with Gasteiger partial charge in [0, 0.05) is 12.7 Å². The smallest absolute Gasteiger partial charge is 0.0719 e. The van der Waals surface area contributed by atoms with Crippen LogP contribution in [-0.2, 0) is 6.54 Å². The number of rotatable bonds is 3. The van der Waals surface area contributed by atoms with Crippen molar-refractivity contribution in [1.82, 2.24) is 14.7 Å². The van der Waals surface area contributed by atoms with Gasteiger partial charge in [0.2, 0.25) is 0 Å². The zero-order valence-corrected chi connectivity index (χ0v) is 9.44. The Morgan fingerprint density at radius 2 is 2.08 bits per heavy atom. The molecule has 6 heteroatoms. The van der Waals surface area contributed by atoms with Crippen LogP contribution in [0.5, 0.6) is 0 Å². The quantitative estimate of drug-likeness (QED) is 0.833. The van der Waals surface area contributed by atoms with Crippen molar-refractivity contribution in [2.75, 3.05) is 26.4 Å². The Balaban J connectivity index is 0. The molecule has 13 heavy (non-hydrogen) atoms. The van der Waals surface area contributed by atoms with E-state index in [1.807, 2.05) is 25.0 Å². The van der Waals surface area contributed by atoms with Gasteiger partial charge in [-0.25, -0.2) is 0 Å². The summed E-state index contributed by atoms with van der Waals surface area (Å²) in [6, 6.07) is 0. The van der Waals surface area contributed by atoms with Crippen LogP contribution in [-0.4, -0.2) is 35.3 Å². The zero-order valence-electron chi connectivity index (χ0n) is 7.80. The van der Waals surface area contributed by atoms with Crippen LogP contribution in [0.4, 0.5) is 5.69 Å². The van der Waals surface area contributed by atoms with Gasteiger partial charge in [-0.1, -0.05) is 0 Å². The highest BCUT2D eigenvalue weighted by atomic mass is 35.5. The van der Waals surface area contributed by atoms with E-state index < -0.39 is 0 Å². The van der Waals surface area contributed by atoms with Gasteiger partial charge in [-0.3, -0.25) is 4.68 Å². The van der Waals surface area contributed by atoms with E-state index in [4.69, 9.17) is 5.73 Å². The lowest BCUT2D eigenvalue weighted by atomic mass is 10.5. The van der Waals surface area contributed by atoms with E-state index in [1.54, 1.807) is 6.20 Å². The van der Waals surface area contributed by atoms with Crippen LogP contribution in [0.25, 0.3) is 0 Å². The molecule has 0 aromatic carbocycles. The number of nitrogens with two attached hydrogens (primary N) is 1. The Morgan fingerprint density at radius 1 is 1.46 bits per heavy atom. The highest BCUT2D eigenvalue weighted by Gasteiger charge is 1.94. The first-order valence-corrected chi connectivity index (χ1v) is 3.61. The summed E-state index contributed by atoms with van der Waals surface area (Å²) in [5.74, 6) is 0. The molecule has 0 radical (unpaired) electrons. The lowest BCUT2D eigenvalue weighted by Gasteiger charge is -2.08. The number of anilines is 1. The maximum absolute atomic E-state index is 5.49.